The minimum Gasteiger partial charge on any atom is -0.481 e. The molecule has 2 N–H and O–H groups in total. The zero-order valence-corrected chi connectivity index (χ0v) is 13.4. The smallest absolute Gasteiger partial charge is 0.411 e. The summed E-state index contributed by atoms with van der Waals surface area (Å²) in [6, 6.07) is 2.47. The van der Waals surface area contributed by atoms with Crippen LogP contribution in [0, 0.1) is 0 Å². The van der Waals surface area contributed by atoms with Gasteiger partial charge >= 0.3 is 12.2 Å². The van der Waals surface area contributed by atoms with Gasteiger partial charge in [-0.05, 0) is 29.9 Å². The standard InChI is InChI=1S/C14H18F3N3O2S/c1-22-11-3-2-10(8-18-11)9-19-12(21)20-13(14(15,16)17)4-6-23-7-5-13/h2-3,8H,4-7,9H2,1H3,(H2,19,20,21). The van der Waals surface area contributed by atoms with Crippen LogP contribution >= 0.6 is 11.8 Å². The van der Waals surface area contributed by atoms with E-state index in [0.717, 1.165) is 0 Å². The van der Waals surface area contributed by atoms with Crippen molar-refractivity contribution < 1.29 is 22.7 Å². The predicted molar refractivity (Wildman–Crippen MR) is 81.5 cm³/mol. The summed E-state index contributed by atoms with van der Waals surface area (Å²) < 4.78 is 44.9. The van der Waals surface area contributed by atoms with Gasteiger partial charge in [-0.25, -0.2) is 9.78 Å². The Morgan fingerprint density at radius 3 is 2.61 bits per heavy atom. The molecule has 128 valence electrons. The Hall–Kier alpha value is -1.64. The van der Waals surface area contributed by atoms with Gasteiger partial charge < -0.3 is 15.4 Å². The molecule has 1 aliphatic rings. The number of halogens is 3. The van der Waals surface area contributed by atoms with Crippen LogP contribution in [0.1, 0.15) is 18.4 Å². The number of rotatable bonds is 4. The number of amides is 2. The van der Waals surface area contributed by atoms with E-state index in [1.165, 1.54) is 25.1 Å². The first-order valence-electron chi connectivity index (χ1n) is 7.06. The summed E-state index contributed by atoms with van der Waals surface area (Å²) in [5.74, 6) is 1.18. The van der Waals surface area contributed by atoms with E-state index in [1.807, 2.05) is 0 Å². The minimum absolute atomic E-state index is 0.0888. The number of pyridine rings is 1. The quantitative estimate of drug-likeness (QED) is 0.877. The molecule has 9 heteroatoms. The molecule has 0 aromatic carbocycles. The fourth-order valence-electron chi connectivity index (χ4n) is 2.28. The minimum atomic E-state index is -4.47. The van der Waals surface area contributed by atoms with Gasteiger partial charge in [-0.2, -0.15) is 24.9 Å². The van der Waals surface area contributed by atoms with Gasteiger partial charge in [-0.1, -0.05) is 6.07 Å². The van der Waals surface area contributed by atoms with Crippen LogP contribution in [0.2, 0.25) is 0 Å². The van der Waals surface area contributed by atoms with Gasteiger partial charge in [0.15, 0.2) is 0 Å². The van der Waals surface area contributed by atoms with E-state index in [2.05, 4.69) is 15.6 Å². The van der Waals surface area contributed by atoms with Crippen LogP contribution in [-0.2, 0) is 6.54 Å². The number of ether oxygens (including phenoxy) is 1. The Balaban J connectivity index is 1.93. The van der Waals surface area contributed by atoms with E-state index in [0.29, 0.717) is 22.9 Å². The molecule has 1 aromatic heterocycles. The average Bonchev–Trinajstić information content (AvgIpc) is 2.53. The summed E-state index contributed by atoms with van der Waals surface area (Å²) >= 11 is 1.46. The molecule has 2 rings (SSSR count). The van der Waals surface area contributed by atoms with Crippen LogP contribution in [0.5, 0.6) is 5.88 Å². The molecule has 5 nitrogen and oxygen atoms in total. The molecule has 1 saturated heterocycles. The molecule has 2 heterocycles. The van der Waals surface area contributed by atoms with Gasteiger partial charge in [-0.3, -0.25) is 0 Å². The summed E-state index contributed by atoms with van der Waals surface area (Å²) in [6.07, 6.45) is -3.19. The number of nitrogens with zero attached hydrogens (tertiary/aromatic N) is 1. The molecule has 2 amide bonds. The maximum absolute atomic E-state index is 13.3. The van der Waals surface area contributed by atoms with Gasteiger partial charge in [0.25, 0.3) is 0 Å². The van der Waals surface area contributed by atoms with Crippen LogP contribution in [0.15, 0.2) is 18.3 Å². The monoisotopic (exact) mass is 349 g/mol. The Labute approximate surface area is 136 Å². The second-order valence-electron chi connectivity index (χ2n) is 5.21. The summed E-state index contributed by atoms with van der Waals surface area (Å²) in [5.41, 5.74) is -1.47. The van der Waals surface area contributed by atoms with Gasteiger partial charge in [0.1, 0.15) is 5.54 Å². The second kappa shape index (κ2) is 7.29. The average molecular weight is 349 g/mol. The lowest BCUT2D eigenvalue weighted by Crippen LogP contribution is -2.62. The SMILES string of the molecule is COc1ccc(CNC(=O)NC2(C(F)(F)F)CCSCC2)cn1. The largest absolute Gasteiger partial charge is 0.481 e. The normalized spacial score (nSPS) is 17.4. The van der Waals surface area contributed by atoms with Crippen molar-refractivity contribution >= 4 is 17.8 Å². The highest BCUT2D eigenvalue weighted by Gasteiger charge is 2.55. The molecule has 1 aliphatic heterocycles. The fraction of sp³-hybridized carbons (Fsp3) is 0.571. The number of urea groups is 1. The molecule has 0 spiro atoms. The van der Waals surface area contributed by atoms with E-state index in [4.69, 9.17) is 4.74 Å². The highest BCUT2D eigenvalue weighted by Crippen LogP contribution is 2.40. The molecule has 23 heavy (non-hydrogen) atoms. The highest BCUT2D eigenvalue weighted by atomic mass is 32.2. The Bertz CT molecular complexity index is 531. The topological polar surface area (TPSA) is 63.2 Å². The van der Waals surface area contributed by atoms with Gasteiger partial charge in [-0.15, -0.1) is 0 Å². The van der Waals surface area contributed by atoms with Crippen LogP contribution in [0.25, 0.3) is 0 Å². The zero-order chi connectivity index (χ0) is 16.9. The lowest BCUT2D eigenvalue weighted by molar-refractivity contribution is -0.195. The molecular weight excluding hydrogens is 331 g/mol. The van der Waals surface area contributed by atoms with Crippen LogP contribution < -0.4 is 15.4 Å². The predicted octanol–water partition coefficient (Wildman–Crippen LogP) is 2.72. The number of thioether (sulfide) groups is 1. The maximum Gasteiger partial charge on any atom is 0.411 e. The van der Waals surface area contributed by atoms with Crippen LogP contribution in [0.3, 0.4) is 0 Å². The first kappa shape index (κ1) is 17.7. The van der Waals surface area contributed by atoms with E-state index in [9.17, 15) is 18.0 Å². The lowest BCUT2D eigenvalue weighted by Gasteiger charge is -2.39. The summed E-state index contributed by atoms with van der Waals surface area (Å²) in [7, 11) is 1.48. The van der Waals surface area contributed by atoms with E-state index in [1.54, 1.807) is 12.1 Å². The zero-order valence-electron chi connectivity index (χ0n) is 12.6. The lowest BCUT2D eigenvalue weighted by atomic mass is 9.91. The van der Waals surface area contributed by atoms with Crippen molar-refractivity contribution in [1.82, 2.24) is 15.6 Å². The molecule has 0 bridgehead atoms. The van der Waals surface area contributed by atoms with E-state index < -0.39 is 17.7 Å². The summed E-state index contributed by atoms with van der Waals surface area (Å²) in [6.45, 7) is 0.0888. The fourth-order valence-corrected chi connectivity index (χ4v) is 3.47. The Morgan fingerprint density at radius 2 is 2.09 bits per heavy atom. The highest BCUT2D eigenvalue weighted by molar-refractivity contribution is 7.99. The number of nitrogens with one attached hydrogen (secondary N) is 2. The van der Waals surface area contributed by atoms with Crippen LogP contribution in [0.4, 0.5) is 18.0 Å². The Morgan fingerprint density at radius 1 is 1.39 bits per heavy atom. The van der Waals surface area contributed by atoms with Crippen molar-refractivity contribution in [2.75, 3.05) is 18.6 Å². The summed E-state index contributed by atoms with van der Waals surface area (Å²) in [4.78, 5) is 15.9. The molecule has 0 radical (unpaired) electrons. The molecule has 0 saturated carbocycles. The van der Waals surface area contributed by atoms with Crippen molar-refractivity contribution in [3.8, 4) is 5.88 Å². The van der Waals surface area contributed by atoms with E-state index in [-0.39, 0.29) is 19.4 Å². The second-order valence-corrected chi connectivity index (χ2v) is 6.43. The van der Waals surface area contributed by atoms with Gasteiger partial charge in [0, 0.05) is 18.8 Å². The molecule has 0 atom stereocenters. The number of carbonyl (C=O) groups excluding carboxylic acids is 1. The number of alkyl halides is 3. The number of methoxy groups -OCH3 is 1. The molecule has 0 unspecified atom stereocenters. The number of hydrogen-bond donors (Lipinski definition) is 2. The molecular formula is C14H18F3N3O2S. The van der Waals surface area contributed by atoms with Crippen molar-refractivity contribution in [2.24, 2.45) is 0 Å². The third-order valence-corrected chi connectivity index (χ3v) is 4.69. The number of carbonyl (C=O) groups is 1. The summed E-state index contributed by atoms with van der Waals surface area (Å²) in [5, 5.41) is 4.57. The molecule has 0 aliphatic carbocycles. The third kappa shape index (κ3) is 4.43. The third-order valence-electron chi connectivity index (χ3n) is 3.70. The van der Waals surface area contributed by atoms with Crippen molar-refractivity contribution in [3.63, 3.8) is 0 Å². The molecule has 1 fully saturated rings. The van der Waals surface area contributed by atoms with Crippen molar-refractivity contribution in [1.29, 1.82) is 0 Å². The first-order chi connectivity index (χ1) is 10.9. The van der Waals surface area contributed by atoms with Crippen molar-refractivity contribution in [2.45, 2.75) is 31.1 Å². The maximum atomic E-state index is 13.3. The molecule has 1 aromatic rings. The number of hydrogen-bond acceptors (Lipinski definition) is 4. The van der Waals surface area contributed by atoms with Crippen LogP contribution in [-0.4, -0.2) is 41.3 Å². The van der Waals surface area contributed by atoms with Gasteiger partial charge in [0.05, 0.1) is 7.11 Å². The van der Waals surface area contributed by atoms with E-state index >= 15 is 0 Å². The number of aromatic nitrogens is 1. The van der Waals surface area contributed by atoms with Gasteiger partial charge in [0.2, 0.25) is 5.88 Å². The van der Waals surface area contributed by atoms with Crippen molar-refractivity contribution in [3.05, 3.63) is 23.9 Å². The Kier molecular flexibility index (Phi) is 5.61. The first-order valence-corrected chi connectivity index (χ1v) is 8.21.